The van der Waals surface area contributed by atoms with Crippen molar-refractivity contribution >= 4 is 0 Å². The first-order valence-electron chi connectivity index (χ1n) is 4.47. The second-order valence-electron chi connectivity index (χ2n) is 3.42. The average molecular weight is 144 g/mol. The van der Waals surface area contributed by atoms with Crippen LogP contribution in [-0.2, 0) is 0 Å². The lowest BCUT2D eigenvalue weighted by Gasteiger charge is -2.05. The van der Waals surface area contributed by atoms with Crippen LogP contribution in [0, 0.1) is 5.92 Å². The highest BCUT2D eigenvalue weighted by Gasteiger charge is 2.22. The number of halogens is 1. The van der Waals surface area contributed by atoms with Crippen LogP contribution in [-0.4, -0.2) is 6.17 Å². The Morgan fingerprint density at radius 2 is 2.20 bits per heavy atom. The molecule has 60 valence electrons. The van der Waals surface area contributed by atoms with Crippen molar-refractivity contribution in [2.45, 2.75) is 51.6 Å². The summed E-state index contributed by atoms with van der Waals surface area (Å²) in [4.78, 5) is 0. The van der Waals surface area contributed by atoms with E-state index >= 15 is 0 Å². The normalized spacial score (nSPS) is 33.0. The maximum Gasteiger partial charge on any atom is 0.100 e. The zero-order valence-corrected chi connectivity index (χ0v) is 6.78. The van der Waals surface area contributed by atoms with Gasteiger partial charge in [-0.3, -0.25) is 0 Å². The molecule has 0 N–H and O–H groups in total. The van der Waals surface area contributed by atoms with E-state index in [4.69, 9.17) is 0 Å². The predicted octanol–water partition coefficient (Wildman–Crippen LogP) is 3.31. The fourth-order valence-corrected chi connectivity index (χ4v) is 1.77. The first-order valence-corrected chi connectivity index (χ1v) is 4.47. The molecule has 1 aliphatic carbocycles. The summed E-state index contributed by atoms with van der Waals surface area (Å²) in [6, 6.07) is 0. The molecule has 1 heteroatoms. The summed E-state index contributed by atoms with van der Waals surface area (Å²) in [5, 5.41) is 0. The van der Waals surface area contributed by atoms with Crippen molar-refractivity contribution in [1.82, 2.24) is 0 Å². The van der Waals surface area contributed by atoms with Gasteiger partial charge in [0, 0.05) is 0 Å². The van der Waals surface area contributed by atoms with Crippen molar-refractivity contribution in [3.63, 3.8) is 0 Å². The molecule has 2 atom stereocenters. The van der Waals surface area contributed by atoms with Gasteiger partial charge in [-0.25, -0.2) is 4.39 Å². The maximum atomic E-state index is 12.6. The number of hydrogen-bond acceptors (Lipinski definition) is 0. The number of rotatable bonds is 3. The highest BCUT2D eigenvalue weighted by atomic mass is 19.1. The van der Waals surface area contributed by atoms with Gasteiger partial charge in [-0.05, 0) is 25.2 Å². The van der Waals surface area contributed by atoms with Crippen LogP contribution in [0.25, 0.3) is 0 Å². The minimum absolute atomic E-state index is 0.471. The zero-order valence-electron chi connectivity index (χ0n) is 6.78. The first kappa shape index (κ1) is 8.03. The van der Waals surface area contributed by atoms with Crippen LogP contribution < -0.4 is 0 Å². The van der Waals surface area contributed by atoms with E-state index in [1.54, 1.807) is 0 Å². The molecule has 1 rings (SSSR count). The van der Waals surface area contributed by atoms with Gasteiger partial charge in [-0.2, -0.15) is 0 Å². The van der Waals surface area contributed by atoms with E-state index in [9.17, 15) is 4.39 Å². The van der Waals surface area contributed by atoms with Gasteiger partial charge >= 0.3 is 0 Å². The van der Waals surface area contributed by atoms with Gasteiger partial charge in [0.2, 0.25) is 0 Å². The minimum atomic E-state index is -0.471. The molecule has 0 nitrogen and oxygen atoms in total. The molecular formula is C9H17F. The molecule has 0 aromatic heterocycles. The van der Waals surface area contributed by atoms with Crippen LogP contribution in [0.1, 0.15) is 45.4 Å². The quantitative estimate of drug-likeness (QED) is 0.570. The molecule has 0 spiro atoms. The third-order valence-electron chi connectivity index (χ3n) is 2.44. The summed E-state index contributed by atoms with van der Waals surface area (Å²) in [5.41, 5.74) is 0. The lowest BCUT2D eigenvalue weighted by molar-refractivity contribution is 0.326. The summed E-state index contributed by atoms with van der Waals surface area (Å²) >= 11 is 0. The summed E-state index contributed by atoms with van der Waals surface area (Å²) in [5.74, 6) is 0.718. The third-order valence-corrected chi connectivity index (χ3v) is 2.44. The zero-order chi connectivity index (χ0) is 7.40. The van der Waals surface area contributed by atoms with Crippen molar-refractivity contribution in [2.24, 2.45) is 5.92 Å². The fourth-order valence-electron chi connectivity index (χ4n) is 1.77. The van der Waals surface area contributed by atoms with Crippen molar-refractivity contribution in [3.05, 3.63) is 0 Å². The Morgan fingerprint density at radius 1 is 1.40 bits per heavy atom. The van der Waals surface area contributed by atoms with E-state index in [2.05, 4.69) is 6.92 Å². The van der Waals surface area contributed by atoms with Crippen LogP contribution in [0.3, 0.4) is 0 Å². The largest absolute Gasteiger partial charge is 0.247 e. The van der Waals surface area contributed by atoms with E-state index in [0.717, 1.165) is 25.2 Å². The molecule has 0 aliphatic heterocycles. The Labute approximate surface area is 62.8 Å². The Kier molecular flexibility index (Phi) is 3.17. The summed E-state index contributed by atoms with van der Waals surface area (Å²) < 4.78 is 12.6. The van der Waals surface area contributed by atoms with Crippen LogP contribution in [0.15, 0.2) is 0 Å². The van der Waals surface area contributed by atoms with E-state index < -0.39 is 6.17 Å². The number of alkyl halides is 1. The SMILES string of the molecule is CCCCC1CCC(F)C1. The molecule has 1 saturated carbocycles. The summed E-state index contributed by atoms with van der Waals surface area (Å²) in [7, 11) is 0. The Bertz CT molecular complexity index is 90.7. The van der Waals surface area contributed by atoms with Crippen molar-refractivity contribution < 1.29 is 4.39 Å². The Balaban J connectivity index is 2.06. The highest BCUT2D eigenvalue weighted by Crippen LogP contribution is 2.31. The minimum Gasteiger partial charge on any atom is -0.247 e. The van der Waals surface area contributed by atoms with Crippen LogP contribution in [0.2, 0.25) is 0 Å². The van der Waals surface area contributed by atoms with Gasteiger partial charge < -0.3 is 0 Å². The molecule has 0 heterocycles. The topological polar surface area (TPSA) is 0 Å². The van der Waals surface area contributed by atoms with Crippen LogP contribution in [0.5, 0.6) is 0 Å². The molecule has 0 saturated heterocycles. The van der Waals surface area contributed by atoms with E-state index in [1.807, 2.05) is 0 Å². The molecule has 2 unspecified atom stereocenters. The first-order chi connectivity index (χ1) is 4.83. The molecule has 0 bridgehead atoms. The van der Waals surface area contributed by atoms with Gasteiger partial charge in [0.15, 0.2) is 0 Å². The smallest absolute Gasteiger partial charge is 0.100 e. The van der Waals surface area contributed by atoms with E-state index in [-0.39, 0.29) is 0 Å². The lowest BCUT2D eigenvalue weighted by Crippen LogP contribution is -1.95. The van der Waals surface area contributed by atoms with Crippen molar-refractivity contribution in [2.75, 3.05) is 0 Å². The summed E-state index contributed by atoms with van der Waals surface area (Å²) in [6.45, 7) is 2.20. The molecule has 1 aliphatic rings. The van der Waals surface area contributed by atoms with Gasteiger partial charge in [-0.15, -0.1) is 0 Å². The molecule has 0 amide bonds. The molecule has 10 heavy (non-hydrogen) atoms. The predicted molar refractivity (Wildman–Crippen MR) is 41.8 cm³/mol. The molecule has 0 aromatic carbocycles. The standard InChI is InChI=1S/C9H17F/c1-2-3-4-8-5-6-9(10)7-8/h8-9H,2-7H2,1H3. The number of unbranched alkanes of at least 4 members (excludes halogenated alkanes) is 1. The molecule has 0 radical (unpaired) electrons. The number of hydrogen-bond donors (Lipinski definition) is 0. The monoisotopic (exact) mass is 144 g/mol. The second-order valence-corrected chi connectivity index (χ2v) is 3.42. The third kappa shape index (κ3) is 2.28. The summed E-state index contributed by atoms with van der Waals surface area (Å²) in [6.07, 6.45) is 6.15. The fraction of sp³-hybridized carbons (Fsp3) is 1.00. The Hall–Kier alpha value is -0.0700. The highest BCUT2D eigenvalue weighted by molar-refractivity contribution is 4.74. The van der Waals surface area contributed by atoms with Crippen LogP contribution >= 0.6 is 0 Å². The van der Waals surface area contributed by atoms with Crippen LogP contribution in [0.4, 0.5) is 4.39 Å². The van der Waals surface area contributed by atoms with E-state index in [0.29, 0.717) is 0 Å². The molecule has 0 aromatic rings. The van der Waals surface area contributed by atoms with Gasteiger partial charge in [0.05, 0.1) is 0 Å². The van der Waals surface area contributed by atoms with Crippen molar-refractivity contribution in [1.29, 1.82) is 0 Å². The molecule has 1 fully saturated rings. The van der Waals surface area contributed by atoms with E-state index in [1.165, 1.54) is 19.3 Å². The molecular weight excluding hydrogens is 127 g/mol. The van der Waals surface area contributed by atoms with Gasteiger partial charge in [-0.1, -0.05) is 26.2 Å². The second kappa shape index (κ2) is 3.95. The Morgan fingerprint density at radius 3 is 2.70 bits per heavy atom. The lowest BCUT2D eigenvalue weighted by atomic mass is 10.0. The average Bonchev–Trinajstić information content (AvgIpc) is 2.31. The van der Waals surface area contributed by atoms with Crippen molar-refractivity contribution in [3.8, 4) is 0 Å². The maximum absolute atomic E-state index is 12.6. The van der Waals surface area contributed by atoms with Gasteiger partial charge in [0.1, 0.15) is 6.17 Å². The van der Waals surface area contributed by atoms with Gasteiger partial charge in [0.25, 0.3) is 0 Å².